The molecule has 4 rings (SSSR count). The minimum absolute atomic E-state index is 0.0332. The van der Waals surface area contributed by atoms with Crippen LogP contribution in [0, 0.1) is 5.92 Å². The smallest absolute Gasteiger partial charge is 0.422 e. The van der Waals surface area contributed by atoms with Gasteiger partial charge in [-0.25, -0.2) is 0 Å². The zero-order valence-electron chi connectivity index (χ0n) is 15.7. The molecule has 0 aliphatic heterocycles. The average Bonchev–Trinajstić information content (AvgIpc) is 3.34. The van der Waals surface area contributed by atoms with Crippen molar-refractivity contribution in [2.75, 3.05) is 6.61 Å². The third-order valence-corrected chi connectivity index (χ3v) is 5.11. The second kappa shape index (κ2) is 7.42. The number of aromatic nitrogens is 2. The predicted molar refractivity (Wildman–Crippen MR) is 101 cm³/mol. The van der Waals surface area contributed by atoms with Gasteiger partial charge >= 0.3 is 6.18 Å². The summed E-state index contributed by atoms with van der Waals surface area (Å²) in [4.78, 5) is 20.0. The number of para-hydroxylation sites is 1. The van der Waals surface area contributed by atoms with Crippen LogP contribution in [0.2, 0.25) is 0 Å². The van der Waals surface area contributed by atoms with Gasteiger partial charge in [0, 0.05) is 17.6 Å². The van der Waals surface area contributed by atoms with Crippen molar-refractivity contribution in [3.63, 3.8) is 0 Å². The molecule has 3 atom stereocenters. The van der Waals surface area contributed by atoms with E-state index in [-0.39, 0.29) is 29.5 Å². The van der Waals surface area contributed by atoms with Gasteiger partial charge in [0.15, 0.2) is 6.61 Å². The number of carbonyl (C=O) groups is 1. The molecule has 8 heteroatoms. The lowest BCUT2D eigenvalue weighted by atomic mass is 10.1. The summed E-state index contributed by atoms with van der Waals surface area (Å²) in [5.74, 6) is 0.0625. The molecule has 2 N–H and O–H groups in total. The van der Waals surface area contributed by atoms with E-state index in [1.54, 1.807) is 13.0 Å². The van der Waals surface area contributed by atoms with E-state index < -0.39 is 12.8 Å². The number of pyridine rings is 1. The summed E-state index contributed by atoms with van der Waals surface area (Å²) < 4.78 is 41.3. The maximum atomic E-state index is 12.6. The van der Waals surface area contributed by atoms with Crippen molar-refractivity contribution in [3.8, 4) is 5.75 Å². The fourth-order valence-corrected chi connectivity index (χ4v) is 3.54. The van der Waals surface area contributed by atoms with Crippen LogP contribution in [0.3, 0.4) is 0 Å². The lowest BCUT2D eigenvalue weighted by molar-refractivity contribution is -0.153. The summed E-state index contributed by atoms with van der Waals surface area (Å²) in [6.07, 6.45) is -0.489. The lowest BCUT2D eigenvalue weighted by Gasteiger charge is -2.14. The van der Waals surface area contributed by atoms with E-state index in [0.29, 0.717) is 5.69 Å². The lowest BCUT2D eigenvalue weighted by Crippen LogP contribution is -2.29. The number of amides is 1. The summed E-state index contributed by atoms with van der Waals surface area (Å²) in [7, 11) is 0. The number of fused-ring (bicyclic) bond motifs is 1. The summed E-state index contributed by atoms with van der Waals surface area (Å²) in [5.41, 5.74) is 2.77. The largest absolute Gasteiger partial charge is 0.483 e. The highest BCUT2D eigenvalue weighted by atomic mass is 19.4. The molecule has 2 aromatic heterocycles. The fraction of sp³-hybridized carbons (Fsp3) is 0.333. The van der Waals surface area contributed by atoms with Gasteiger partial charge in [-0.3, -0.25) is 9.78 Å². The van der Waals surface area contributed by atoms with Gasteiger partial charge in [0.2, 0.25) is 5.91 Å². The molecule has 5 nitrogen and oxygen atoms in total. The predicted octanol–water partition coefficient (Wildman–Crippen LogP) is 4.48. The van der Waals surface area contributed by atoms with Crippen molar-refractivity contribution in [2.45, 2.75) is 31.5 Å². The SMILES string of the molecule is CC(NC(=O)[C@H]1C[C@@H]1c1cccc2cc[nH]c12)c1ccc(OCC(F)(F)F)cn1. The van der Waals surface area contributed by atoms with Gasteiger partial charge in [-0.05, 0) is 48.4 Å². The number of H-pyrrole nitrogens is 1. The zero-order valence-corrected chi connectivity index (χ0v) is 15.7. The molecule has 1 aliphatic carbocycles. The quantitative estimate of drug-likeness (QED) is 0.638. The molecule has 1 aromatic carbocycles. The third kappa shape index (κ3) is 4.36. The molecule has 152 valence electrons. The van der Waals surface area contributed by atoms with E-state index in [2.05, 4.69) is 20.0 Å². The number of benzene rings is 1. The number of aromatic amines is 1. The van der Waals surface area contributed by atoms with Gasteiger partial charge in [-0.1, -0.05) is 18.2 Å². The highest BCUT2D eigenvalue weighted by Crippen LogP contribution is 2.49. The number of nitrogens with one attached hydrogen (secondary N) is 2. The van der Waals surface area contributed by atoms with Crippen molar-refractivity contribution in [2.24, 2.45) is 5.92 Å². The first kappa shape index (κ1) is 19.3. The highest BCUT2D eigenvalue weighted by Gasteiger charge is 2.45. The van der Waals surface area contributed by atoms with Crippen LogP contribution in [0.25, 0.3) is 10.9 Å². The van der Waals surface area contributed by atoms with E-state index >= 15 is 0 Å². The molecule has 1 amide bonds. The summed E-state index contributed by atoms with van der Waals surface area (Å²) in [6.45, 7) is 0.427. The first-order chi connectivity index (χ1) is 13.8. The maximum absolute atomic E-state index is 12.6. The molecule has 0 radical (unpaired) electrons. The van der Waals surface area contributed by atoms with Crippen LogP contribution in [-0.2, 0) is 4.79 Å². The van der Waals surface area contributed by atoms with Crippen molar-refractivity contribution in [1.82, 2.24) is 15.3 Å². The molecule has 2 heterocycles. The van der Waals surface area contributed by atoms with Crippen LogP contribution in [0.15, 0.2) is 48.8 Å². The van der Waals surface area contributed by atoms with Crippen molar-refractivity contribution < 1.29 is 22.7 Å². The monoisotopic (exact) mass is 403 g/mol. The van der Waals surface area contributed by atoms with E-state index in [1.165, 1.54) is 12.3 Å². The Bertz CT molecular complexity index is 1010. The van der Waals surface area contributed by atoms with E-state index in [4.69, 9.17) is 0 Å². The molecular formula is C21H20F3N3O2. The van der Waals surface area contributed by atoms with Crippen LogP contribution < -0.4 is 10.1 Å². The molecule has 1 unspecified atom stereocenters. The summed E-state index contributed by atoms with van der Waals surface area (Å²) in [5, 5.41) is 4.07. The molecule has 1 saturated carbocycles. The fourth-order valence-electron chi connectivity index (χ4n) is 3.54. The van der Waals surface area contributed by atoms with Crippen LogP contribution in [-0.4, -0.2) is 28.7 Å². The normalized spacial score (nSPS) is 19.7. The molecule has 3 aromatic rings. The third-order valence-electron chi connectivity index (χ3n) is 5.11. The average molecular weight is 403 g/mol. The minimum atomic E-state index is -4.40. The topological polar surface area (TPSA) is 67.0 Å². The molecule has 29 heavy (non-hydrogen) atoms. The Morgan fingerprint density at radius 2 is 2.14 bits per heavy atom. The summed E-state index contributed by atoms with van der Waals surface area (Å²) >= 11 is 0. The van der Waals surface area contributed by atoms with E-state index in [1.807, 2.05) is 30.5 Å². The van der Waals surface area contributed by atoms with Crippen LogP contribution in [0.4, 0.5) is 13.2 Å². The number of nitrogens with zero attached hydrogens (tertiary/aromatic N) is 1. The number of carbonyl (C=O) groups excluding carboxylic acids is 1. The molecule has 0 saturated heterocycles. The number of hydrogen-bond acceptors (Lipinski definition) is 3. The van der Waals surface area contributed by atoms with Crippen molar-refractivity contribution in [1.29, 1.82) is 0 Å². The standard InChI is InChI=1S/C21H20F3N3O2/c1-12(18-6-5-14(10-26-18)29-11-21(22,23)24)27-20(28)17-9-16(17)15-4-2-3-13-7-8-25-19(13)15/h2-8,10,12,16-17,25H,9,11H2,1H3,(H,27,28)/t12?,16-,17+/m1/s1. The first-order valence-electron chi connectivity index (χ1n) is 9.34. The molecule has 0 spiro atoms. The van der Waals surface area contributed by atoms with E-state index in [9.17, 15) is 18.0 Å². The summed E-state index contributed by atoms with van der Waals surface area (Å²) in [6, 6.07) is 10.7. The number of alkyl halides is 3. The van der Waals surface area contributed by atoms with Crippen molar-refractivity contribution in [3.05, 3.63) is 60.0 Å². The second-order valence-electron chi connectivity index (χ2n) is 7.29. The highest BCUT2D eigenvalue weighted by molar-refractivity contribution is 5.87. The molecular weight excluding hydrogens is 383 g/mol. The number of ether oxygens (including phenoxy) is 1. The molecule has 0 bridgehead atoms. The van der Waals surface area contributed by atoms with Gasteiger partial charge in [0.05, 0.1) is 17.9 Å². The van der Waals surface area contributed by atoms with E-state index in [0.717, 1.165) is 22.9 Å². The van der Waals surface area contributed by atoms with Gasteiger partial charge in [0.1, 0.15) is 5.75 Å². The van der Waals surface area contributed by atoms with Gasteiger partial charge in [-0.2, -0.15) is 13.2 Å². The first-order valence-corrected chi connectivity index (χ1v) is 9.34. The Morgan fingerprint density at radius 3 is 2.86 bits per heavy atom. The van der Waals surface area contributed by atoms with Gasteiger partial charge < -0.3 is 15.0 Å². The Balaban J connectivity index is 1.35. The van der Waals surface area contributed by atoms with Crippen LogP contribution >= 0.6 is 0 Å². The number of halogens is 3. The zero-order chi connectivity index (χ0) is 20.6. The number of rotatable bonds is 6. The molecule has 1 aliphatic rings. The van der Waals surface area contributed by atoms with Crippen LogP contribution in [0.5, 0.6) is 5.75 Å². The second-order valence-corrected chi connectivity index (χ2v) is 7.29. The van der Waals surface area contributed by atoms with Gasteiger partial charge in [-0.15, -0.1) is 0 Å². The van der Waals surface area contributed by atoms with Crippen molar-refractivity contribution >= 4 is 16.8 Å². The molecule has 1 fully saturated rings. The minimum Gasteiger partial charge on any atom is -0.483 e. The Morgan fingerprint density at radius 1 is 1.31 bits per heavy atom. The Hall–Kier alpha value is -3.03. The Kier molecular flexibility index (Phi) is 4.94. The number of hydrogen-bond donors (Lipinski definition) is 2. The van der Waals surface area contributed by atoms with Crippen LogP contribution in [0.1, 0.15) is 36.6 Å². The van der Waals surface area contributed by atoms with Gasteiger partial charge in [0.25, 0.3) is 0 Å². The maximum Gasteiger partial charge on any atom is 0.422 e. The Labute approximate surface area is 165 Å².